The molecule has 0 bridgehead atoms. The summed E-state index contributed by atoms with van der Waals surface area (Å²) in [5.74, 6) is 0. The fraction of sp³-hybridized carbons (Fsp3) is 0.478. The molecular formula is C23H30. The summed E-state index contributed by atoms with van der Waals surface area (Å²) in [6, 6.07) is 19.5. The number of fused-ring (bicyclic) bond motifs is 1. The number of hydrogen-bond acceptors (Lipinski definition) is 0. The van der Waals surface area contributed by atoms with Gasteiger partial charge in [0.25, 0.3) is 0 Å². The van der Waals surface area contributed by atoms with E-state index < -0.39 is 0 Å². The van der Waals surface area contributed by atoms with Crippen LogP contribution < -0.4 is 0 Å². The van der Waals surface area contributed by atoms with E-state index >= 15 is 0 Å². The average molecular weight is 306 g/mol. The van der Waals surface area contributed by atoms with Crippen LogP contribution in [0.2, 0.25) is 0 Å². The lowest BCUT2D eigenvalue weighted by molar-refractivity contribution is 0.134. The van der Waals surface area contributed by atoms with Crippen molar-refractivity contribution in [3.63, 3.8) is 0 Å². The molecule has 0 nitrogen and oxygen atoms in total. The first-order valence-corrected chi connectivity index (χ1v) is 9.21. The molecule has 0 radical (unpaired) electrons. The first-order chi connectivity index (χ1) is 11.1. The average Bonchev–Trinajstić information content (AvgIpc) is 3.03. The van der Waals surface area contributed by atoms with Gasteiger partial charge in [-0.2, -0.15) is 0 Å². The van der Waals surface area contributed by atoms with Crippen LogP contribution >= 0.6 is 0 Å². The monoisotopic (exact) mass is 306 g/mol. The predicted octanol–water partition coefficient (Wildman–Crippen LogP) is 6.33. The van der Waals surface area contributed by atoms with Crippen molar-refractivity contribution < 1.29 is 0 Å². The molecule has 23 heavy (non-hydrogen) atoms. The quantitative estimate of drug-likeness (QED) is 0.608. The summed E-state index contributed by atoms with van der Waals surface area (Å²) in [7, 11) is 0. The van der Waals surface area contributed by atoms with E-state index in [0.29, 0.717) is 10.8 Å². The maximum absolute atomic E-state index is 2.51. The Balaban J connectivity index is 0.000000166. The maximum atomic E-state index is 2.51. The first-order valence-electron chi connectivity index (χ1n) is 9.21. The van der Waals surface area contributed by atoms with Gasteiger partial charge in [0.1, 0.15) is 0 Å². The topological polar surface area (TPSA) is 0 Å². The van der Waals surface area contributed by atoms with Gasteiger partial charge in [0.2, 0.25) is 0 Å². The lowest BCUT2D eigenvalue weighted by Gasteiger charge is -2.52. The van der Waals surface area contributed by atoms with Crippen LogP contribution in [0.25, 0.3) is 0 Å². The Hall–Kier alpha value is -1.56. The van der Waals surface area contributed by atoms with Crippen LogP contribution in [-0.2, 0) is 18.3 Å². The van der Waals surface area contributed by atoms with Gasteiger partial charge in [-0.3, -0.25) is 0 Å². The fourth-order valence-corrected chi connectivity index (χ4v) is 4.54. The van der Waals surface area contributed by atoms with Gasteiger partial charge in [-0.15, -0.1) is 0 Å². The lowest BCUT2D eigenvalue weighted by atomic mass is 9.51. The van der Waals surface area contributed by atoms with Crippen molar-refractivity contribution in [2.45, 2.75) is 64.7 Å². The number of rotatable bonds is 2. The van der Waals surface area contributed by atoms with E-state index in [1.807, 2.05) is 6.07 Å². The van der Waals surface area contributed by atoms with Crippen molar-refractivity contribution in [2.75, 3.05) is 0 Å². The van der Waals surface area contributed by atoms with Gasteiger partial charge in [-0.25, -0.2) is 0 Å². The second kappa shape index (κ2) is 6.51. The van der Waals surface area contributed by atoms with Crippen molar-refractivity contribution in [1.29, 1.82) is 0 Å². The summed E-state index contributed by atoms with van der Waals surface area (Å²) in [5, 5.41) is 0. The molecule has 0 aromatic heterocycles. The second-order valence-electron chi connectivity index (χ2n) is 7.77. The minimum Gasteiger partial charge on any atom is -0.0622 e. The van der Waals surface area contributed by atoms with Crippen molar-refractivity contribution >= 4 is 0 Å². The Morgan fingerprint density at radius 2 is 1.43 bits per heavy atom. The highest BCUT2D eigenvalue weighted by molar-refractivity contribution is 5.46. The second-order valence-corrected chi connectivity index (χ2v) is 7.77. The van der Waals surface area contributed by atoms with Crippen molar-refractivity contribution in [3.8, 4) is 0 Å². The third kappa shape index (κ3) is 2.96. The number of hydrogen-bond donors (Lipinski definition) is 0. The molecule has 1 atom stereocenters. The maximum Gasteiger partial charge on any atom is 0.00216 e. The Kier molecular flexibility index (Phi) is 4.62. The van der Waals surface area contributed by atoms with Gasteiger partial charge in [-0.1, -0.05) is 88.2 Å². The molecule has 2 aromatic carbocycles. The molecule has 1 saturated carbocycles. The third-order valence-electron chi connectivity index (χ3n) is 6.45. The van der Waals surface area contributed by atoms with Crippen LogP contribution in [0, 0.1) is 5.41 Å². The molecule has 0 spiro atoms. The Bertz CT molecular complexity index is 634. The van der Waals surface area contributed by atoms with Gasteiger partial charge >= 0.3 is 0 Å². The van der Waals surface area contributed by atoms with E-state index in [-0.39, 0.29) is 0 Å². The molecule has 0 N–H and O–H groups in total. The summed E-state index contributed by atoms with van der Waals surface area (Å²) in [4.78, 5) is 0. The molecule has 0 saturated heterocycles. The summed E-state index contributed by atoms with van der Waals surface area (Å²) in [5.41, 5.74) is 5.68. The molecule has 1 unspecified atom stereocenters. The Morgan fingerprint density at radius 1 is 0.826 bits per heavy atom. The molecule has 2 aromatic rings. The Morgan fingerprint density at radius 3 is 2.00 bits per heavy atom. The zero-order chi connectivity index (χ0) is 16.3. The Labute approximate surface area is 141 Å². The van der Waals surface area contributed by atoms with Gasteiger partial charge in [0.05, 0.1) is 0 Å². The summed E-state index contributed by atoms with van der Waals surface area (Å²) in [6.07, 6.45) is 8.18. The molecule has 2 aliphatic carbocycles. The largest absolute Gasteiger partial charge is 0.0622 e. The van der Waals surface area contributed by atoms with Crippen LogP contribution in [0.5, 0.6) is 0 Å². The molecule has 122 valence electrons. The van der Waals surface area contributed by atoms with Gasteiger partial charge < -0.3 is 0 Å². The zero-order valence-electron chi connectivity index (χ0n) is 14.9. The zero-order valence-corrected chi connectivity index (χ0v) is 14.9. The molecule has 4 rings (SSSR count). The standard InChI is InChI=1S/C15H20.C8H10/c1-14(9-5-6-10-14)15(2)11-12-7-3-4-8-13(12)15;1-2-8-6-4-3-5-7-8/h3-4,7-8H,5-6,9-11H2,1-2H3;3-7H,2H2,1H3. The lowest BCUT2D eigenvalue weighted by Crippen LogP contribution is -2.48. The highest BCUT2D eigenvalue weighted by Gasteiger charge is 2.52. The van der Waals surface area contributed by atoms with E-state index in [4.69, 9.17) is 0 Å². The molecule has 0 heterocycles. The molecule has 2 aliphatic rings. The molecular weight excluding hydrogens is 276 g/mol. The molecule has 1 fully saturated rings. The van der Waals surface area contributed by atoms with E-state index in [1.54, 1.807) is 11.1 Å². The van der Waals surface area contributed by atoms with Crippen molar-refractivity contribution in [1.82, 2.24) is 0 Å². The first kappa shape index (κ1) is 16.3. The third-order valence-corrected chi connectivity index (χ3v) is 6.45. The highest BCUT2D eigenvalue weighted by Crippen LogP contribution is 2.58. The summed E-state index contributed by atoms with van der Waals surface area (Å²) < 4.78 is 0. The van der Waals surface area contributed by atoms with Gasteiger partial charge in [-0.05, 0) is 47.8 Å². The van der Waals surface area contributed by atoms with Crippen LogP contribution in [0.4, 0.5) is 0 Å². The van der Waals surface area contributed by atoms with Crippen LogP contribution in [-0.4, -0.2) is 0 Å². The summed E-state index contributed by atoms with van der Waals surface area (Å²) in [6.45, 7) is 7.16. The number of benzene rings is 2. The van der Waals surface area contributed by atoms with Crippen LogP contribution in [0.15, 0.2) is 54.6 Å². The molecule has 0 heteroatoms. The van der Waals surface area contributed by atoms with Crippen molar-refractivity contribution in [2.24, 2.45) is 5.41 Å². The molecule has 0 amide bonds. The van der Waals surface area contributed by atoms with Crippen LogP contribution in [0.3, 0.4) is 0 Å². The number of aryl methyl sites for hydroxylation is 1. The van der Waals surface area contributed by atoms with Crippen molar-refractivity contribution in [3.05, 3.63) is 71.3 Å². The summed E-state index contributed by atoms with van der Waals surface area (Å²) >= 11 is 0. The van der Waals surface area contributed by atoms with E-state index in [1.165, 1.54) is 37.7 Å². The predicted molar refractivity (Wildman–Crippen MR) is 99.9 cm³/mol. The fourth-order valence-electron chi connectivity index (χ4n) is 4.54. The minimum atomic E-state index is 0.472. The normalized spacial score (nSPS) is 24.1. The van der Waals surface area contributed by atoms with Crippen LogP contribution in [0.1, 0.15) is 63.1 Å². The van der Waals surface area contributed by atoms with Gasteiger partial charge in [0, 0.05) is 5.41 Å². The van der Waals surface area contributed by atoms with E-state index in [2.05, 4.69) is 69.3 Å². The minimum absolute atomic E-state index is 0.472. The van der Waals surface area contributed by atoms with Gasteiger partial charge in [0.15, 0.2) is 0 Å². The highest BCUT2D eigenvalue weighted by atomic mass is 14.6. The smallest absolute Gasteiger partial charge is 0.00216 e. The SMILES string of the molecule is CC1(C2(C)Cc3ccccc32)CCCC1.CCc1ccccc1. The van der Waals surface area contributed by atoms with E-state index in [9.17, 15) is 0 Å². The van der Waals surface area contributed by atoms with E-state index in [0.717, 1.165) is 6.42 Å². The molecule has 0 aliphatic heterocycles.